The summed E-state index contributed by atoms with van der Waals surface area (Å²) in [5.74, 6) is 0.359. The number of hydrogen-bond acceptors (Lipinski definition) is 3. The van der Waals surface area contributed by atoms with Crippen LogP contribution in [-0.2, 0) is 0 Å². The molecule has 0 radical (unpaired) electrons. The summed E-state index contributed by atoms with van der Waals surface area (Å²) < 4.78 is 1.01. The van der Waals surface area contributed by atoms with Crippen molar-refractivity contribution in [1.82, 2.24) is 10.2 Å². The maximum atomic E-state index is 5.93. The van der Waals surface area contributed by atoms with Crippen LogP contribution in [0.1, 0.15) is 0 Å². The number of nitrogens with zero attached hydrogens (tertiary/aromatic N) is 2. The number of rotatable bonds is 1. The van der Waals surface area contributed by atoms with Crippen molar-refractivity contribution in [2.75, 3.05) is 5.73 Å². The lowest BCUT2D eigenvalue weighted by Gasteiger charge is -2.03. The second-order valence-corrected chi connectivity index (χ2v) is 4.25. The third kappa shape index (κ3) is 2.27. The molecule has 2 rings (SSSR count). The lowest BCUT2D eigenvalue weighted by atomic mass is 10.1. The minimum absolute atomic E-state index is 0.353. The van der Waals surface area contributed by atoms with E-state index in [9.17, 15) is 0 Å². The lowest BCUT2D eigenvalue weighted by Crippen LogP contribution is -1.94. The van der Waals surface area contributed by atoms with Crippen molar-refractivity contribution in [3.05, 3.63) is 40.0 Å². The summed E-state index contributed by atoms with van der Waals surface area (Å²) in [4.78, 5) is 0. The zero-order chi connectivity index (χ0) is 10.8. The van der Waals surface area contributed by atoms with Crippen molar-refractivity contribution < 1.29 is 0 Å². The average molecular weight is 285 g/mol. The minimum atomic E-state index is 0.353. The second-order valence-electron chi connectivity index (χ2n) is 2.98. The average Bonchev–Trinajstić information content (AvgIpc) is 2.23. The second kappa shape index (κ2) is 4.16. The predicted molar refractivity (Wildman–Crippen MR) is 64.6 cm³/mol. The van der Waals surface area contributed by atoms with E-state index in [-0.39, 0.29) is 0 Å². The molecule has 0 aliphatic heterocycles. The molecule has 0 fully saturated rings. The maximum Gasteiger partial charge on any atom is 0.159 e. The first-order valence-corrected chi connectivity index (χ1v) is 5.38. The third-order valence-corrected chi connectivity index (χ3v) is 2.73. The molecule has 1 heterocycles. The van der Waals surface area contributed by atoms with Crippen molar-refractivity contribution in [2.24, 2.45) is 0 Å². The van der Waals surface area contributed by atoms with E-state index in [0.29, 0.717) is 11.0 Å². The Balaban J connectivity index is 2.53. The lowest BCUT2D eigenvalue weighted by molar-refractivity contribution is 1.04. The molecule has 1 aromatic heterocycles. The van der Waals surface area contributed by atoms with E-state index in [1.165, 1.54) is 0 Å². The molecule has 0 amide bonds. The normalized spacial score (nSPS) is 10.3. The Morgan fingerprint density at radius 1 is 1.13 bits per heavy atom. The summed E-state index contributed by atoms with van der Waals surface area (Å²) >= 11 is 9.29. The Labute approximate surface area is 100 Å². The molecule has 0 aliphatic rings. The van der Waals surface area contributed by atoms with Gasteiger partial charge in [0, 0.05) is 10.0 Å². The Bertz CT molecular complexity index is 485. The fraction of sp³-hybridized carbons (Fsp3) is 0. The summed E-state index contributed by atoms with van der Waals surface area (Å²) in [6, 6.07) is 9.45. The van der Waals surface area contributed by atoms with Gasteiger partial charge in [-0.2, -0.15) is 0 Å². The fourth-order valence-corrected chi connectivity index (χ4v) is 1.69. The molecular weight excluding hydrogens is 277 g/mol. The van der Waals surface area contributed by atoms with Crippen LogP contribution in [0.3, 0.4) is 0 Å². The van der Waals surface area contributed by atoms with Crippen molar-refractivity contribution in [3.8, 4) is 11.1 Å². The van der Waals surface area contributed by atoms with Gasteiger partial charge in [-0.05, 0) is 23.8 Å². The largest absolute Gasteiger partial charge is 0.382 e. The van der Waals surface area contributed by atoms with E-state index in [2.05, 4.69) is 26.1 Å². The van der Waals surface area contributed by atoms with Crippen LogP contribution in [0.5, 0.6) is 0 Å². The molecule has 0 bridgehead atoms. The number of aromatic nitrogens is 2. The zero-order valence-electron chi connectivity index (χ0n) is 7.61. The quantitative estimate of drug-likeness (QED) is 0.875. The van der Waals surface area contributed by atoms with Gasteiger partial charge in [-0.25, -0.2) is 0 Å². The minimum Gasteiger partial charge on any atom is -0.382 e. The summed E-state index contributed by atoms with van der Waals surface area (Å²) in [5.41, 5.74) is 7.30. The van der Waals surface area contributed by atoms with Gasteiger partial charge in [0.25, 0.3) is 0 Å². The molecule has 2 N–H and O–H groups in total. The Morgan fingerprint density at radius 3 is 2.47 bits per heavy atom. The van der Waals surface area contributed by atoms with Crippen molar-refractivity contribution in [3.63, 3.8) is 0 Å². The van der Waals surface area contributed by atoms with Gasteiger partial charge in [-0.3, -0.25) is 0 Å². The molecular formula is C10H7BrClN3. The molecule has 2 aromatic rings. The summed E-state index contributed by atoms with van der Waals surface area (Å²) in [6.45, 7) is 0. The van der Waals surface area contributed by atoms with Crippen LogP contribution in [-0.4, -0.2) is 10.2 Å². The van der Waals surface area contributed by atoms with Gasteiger partial charge >= 0.3 is 0 Å². The fourth-order valence-electron chi connectivity index (χ4n) is 1.22. The van der Waals surface area contributed by atoms with Gasteiger partial charge in [0.05, 0.1) is 0 Å². The highest BCUT2D eigenvalue weighted by atomic mass is 79.9. The van der Waals surface area contributed by atoms with Gasteiger partial charge < -0.3 is 5.73 Å². The van der Waals surface area contributed by atoms with Crippen LogP contribution in [0.2, 0.25) is 5.15 Å². The first-order chi connectivity index (χ1) is 7.16. The third-order valence-electron chi connectivity index (χ3n) is 1.92. The molecule has 15 heavy (non-hydrogen) atoms. The number of halogens is 2. The standard InChI is InChI=1S/C10H7BrClN3/c11-7-3-1-6(2-4-7)8-5-9(13)14-15-10(8)12/h1-5H,(H2,13,14). The van der Waals surface area contributed by atoms with E-state index in [4.69, 9.17) is 17.3 Å². The summed E-state index contributed by atoms with van der Waals surface area (Å²) in [7, 11) is 0. The van der Waals surface area contributed by atoms with Crippen LogP contribution >= 0.6 is 27.5 Å². The molecule has 0 unspecified atom stereocenters. The molecule has 0 aliphatic carbocycles. The van der Waals surface area contributed by atoms with Crippen LogP contribution in [0.15, 0.2) is 34.8 Å². The summed E-state index contributed by atoms with van der Waals surface area (Å²) in [5, 5.41) is 7.78. The molecule has 0 spiro atoms. The van der Waals surface area contributed by atoms with Crippen molar-refractivity contribution in [1.29, 1.82) is 0 Å². The van der Waals surface area contributed by atoms with Crippen molar-refractivity contribution in [2.45, 2.75) is 0 Å². The Hall–Kier alpha value is -1.13. The van der Waals surface area contributed by atoms with Crippen LogP contribution in [0.4, 0.5) is 5.82 Å². The van der Waals surface area contributed by atoms with Crippen LogP contribution < -0.4 is 5.73 Å². The number of nitrogen functional groups attached to an aromatic ring is 1. The maximum absolute atomic E-state index is 5.93. The molecule has 1 aromatic carbocycles. The van der Waals surface area contributed by atoms with E-state index < -0.39 is 0 Å². The molecule has 76 valence electrons. The molecule has 0 saturated heterocycles. The van der Waals surface area contributed by atoms with Gasteiger partial charge in [-0.15, -0.1) is 10.2 Å². The van der Waals surface area contributed by atoms with Gasteiger partial charge in [-0.1, -0.05) is 39.7 Å². The summed E-state index contributed by atoms with van der Waals surface area (Å²) in [6.07, 6.45) is 0. The Morgan fingerprint density at radius 2 is 1.80 bits per heavy atom. The van der Waals surface area contributed by atoms with E-state index in [0.717, 1.165) is 15.6 Å². The SMILES string of the molecule is Nc1cc(-c2ccc(Br)cc2)c(Cl)nn1. The molecule has 0 atom stereocenters. The van der Waals surface area contributed by atoms with Gasteiger partial charge in [0.15, 0.2) is 5.15 Å². The monoisotopic (exact) mass is 283 g/mol. The van der Waals surface area contributed by atoms with Gasteiger partial charge in [0.1, 0.15) is 5.82 Å². The number of anilines is 1. The predicted octanol–water partition coefficient (Wildman–Crippen LogP) is 3.14. The van der Waals surface area contributed by atoms with E-state index in [1.54, 1.807) is 6.07 Å². The highest BCUT2D eigenvalue weighted by molar-refractivity contribution is 9.10. The van der Waals surface area contributed by atoms with Crippen molar-refractivity contribution >= 4 is 33.3 Å². The van der Waals surface area contributed by atoms with Gasteiger partial charge in [0.2, 0.25) is 0 Å². The van der Waals surface area contributed by atoms with E-state index in [1.807, 2.05) is 24.3 Å². The topological polar surface area (TPSA) is 51.8 Å². The molecule has 5 heteroatoms. The number of nitrogens with two attached hydrogens (primary N) is 1. The molecule has 3 nitrogen and oxygen atoms in total. The number of benzene rings is 1. The number of hydrogen-bond donors (Lipinski definition) is 1. The van der Waals surface area contributed by atoms with Crippen LogP contribution in [0.25, 0.3) is 11.1 Å². The smallest absolute Gasteiger partial charge is 0.159 e. The first-order valence-electron chi connectivity index (χ1n) is 4.21. The zero-order valence-corrected chi connectivity index (χ0v) is 9.96. The highest BCUT2D eigenvalue weighted by Gasteiger charge is 2.05. The highest BCUT2D eigenvalue weighted by Crippen LogP contribution is 2.27. The van der Waals surface area contributed by atoms with Crippen LogP contribution in [0, 0.1) is 0 Å². The Kier molecular flexibility index (Phi) is 2.88. The van der Waals surface area contributed by atoms with E-state index >= 15 is 0 Å². The molecule has 0 saturated carbocycles. The first kappa shape index (κ1) is 10.4.